The zero-order valence-corrected chi connectivity index (χ0v) is 16.4. The van der Waals surface area contributed by atoms with Gasteiger partial charge < -0.3 is 19.6 Å². The lowest BCUT2D eigenvalue weighted by Gasteiger charge is -2.32. The molecule has 1 aromatic heterocycles. The molecule has 0 atom stereocenters. The lowest BCUT2D eigenvalue weighted by molar-refractivity contribution is -0.118. The molecule has 7 heteroatoms. The van der Waals surface area contributed by atoms with Gasteiger partial charge in [0.05, 0.1) is 11.2 Å². The number of aromatic amines is 1. The minimum atomic E-state index is -0.559. The molecule has 1 fully saturated rings. The van der Waals surface area contributed by atoms with Crippen molar-refractivity contribution >= 4 is 29.9 Å². The summed E-state index contributed by atoms with van der Waals surface area (Å²) in [6, 6.07) is 7.40. The van der Waals surface area contributed by atoms with E-state index in [2.05, 4.69) is 10.3 Å². The Balaban J connectivity index is 1.98. The highest BCUT2D eigenvalue weighted by atomic mass is 16.7. The number of carbonyl (C=O) groups is 1. The largest absolute Gasteiger partial charge is 0.492 e. The third-order valence-corrected chi connectivity index (χ3v) is 5.22. The minimum Gasteiger partial charge on any atom is -0.400 e. The molecule has 2 aromatic rings. The van der Waals surface area contributed by atoms with E-state index in [9.17, 15) is 9.59 Å². The molecule has 1 aliphatic heterocycles. The quantitative estimate of drug-likeness (QED) is 0.814. The van der Waals surface area contributed by atoms with Crippen LogP contribution in [0.25, 0.3) is 16.8 Å². The molecule has 0 bridgehead atoms. The summed E-state index contributed by atoms with van der Waals surface area (Å²) in [4.78, 5) is 25.7. The second kappa shape index (κ2) is 6.98. The summed E-state index contributed by atoms with van der Waals surface area (Å²) in [7, 11) is -0.559. The maximum absolute atomic E-state index is 11.6. The number of carbonyl (C=O) groups excluding carboxylic acids is 1. The van der Waals surface area contributed by atoms with Crippen LogP contribution in [-0.4, -0.2) is 35.8 Å². The molecule has 3 rings (SSSR count). The summed E-state index contributed by atoms with van der Waals surface area (Å²) in [6.07, 6.45) is 3.64. The molecule has 0 radical (unpaired) electrons. The summed E-state index contributed by atoms with van der Waals surface area (Å²) in [6.45, 7) is 9.76. The monoisotopic (exact) mass is 368 g/mol. The first kappa shape index (κ1) is 19.4. The van der Waals surface area contributed by atoms with Crippen LogP contribution < -0.4 is 10.9 Å². The third kappa shape index (κ3) is 4.15. The molecule has 27 heavy (non-hydrogen) atoms. The van der Waals surface area contributed by atoms with E-state index in [0.717, 1.165) is 21.8 Å². The van der Waals surface area contributed by atoms with E-state index in [4.69, 9.17) is 9.31 Å². The Hall–Kier alpha value is -2.38. The van der Waals surface area contributed by atoms with Crippen LogP contribution in [0.1, 0.15) is 40.2 Å². The lowest BCUT2D eigenvalue weighted by Crippen LogP contribution is -2.41. The number of nitrogens with one attached hydrogen (secondary N) is 2. The van der Waals surface area contributed by atoms with Crippen molar-refractivity contribution in [3.8, 4) is 0 Å². The van der Waals surface area contributed by atoms with Gasteiger partial charge in [0.25, 0.3) is 0 Å². The van der Waals surface area contributed by atoms with Crippen LogP contribution >= 0.6 is 0 Å². The summed E-state index contributed by atoms with van der Waals surface area (Å²) in [5.74, 6) is -0.123. The Labute approximate surface area is 159 Å². The van der Waals surface area contributed by atoms with Crippen LogP contribution in [0, 0.1) is 0 Å². The average molecular weight is 368 g/mol. The highest BCUT2D eigenvalue weighted by Gasteiger charge is 2.52. The van der Waals surface area contributed by atoms with Crippen LogP contribution in [0.4, 0.5) is 0 Å². The van der Waals surface area contributed by atoms with Crippen molar-refractivity contribution < 1.29 is 14.1 Å². The van der Waals surface area contributed by atoms with Gasteiger partial charge in [-0.3, -0.25) is 9.59 Å². The Morgan fingerprint density at radius 3 is 2.44 bits per heavy atom. The number of benzene rings is 1. The van der Waals surface area contributed by atoms with Gasteiger partial charge >= 0.3 is 7.12 Å². The molecule has 1 aromatic carbocycles. The van der Waals surface area contributed by atoms with E-state index in [1.165, 1.54) is 6.92 Å². The molecular formula is C20H25BN2O4. The molecular weight excluding hydrogens is 343 g/mol. The highest BCUT2D eigenvalue weighted by Crippen LogP contribution is 2.38. The first-order valence-electron chi connectivity index (χ1n) is 9.00. The number of pyridine rings is 1. The summed E-state index contributed by atoms with van der Waals surface area (Å²) in [5.41, 5.74) is 0.636. The fraction of sp³-hybridized carbons (Fsp3) is 0.400. The number of fused-ring (bicyclic) bond motifs is 1. The molecule has 142 valence electrons. The van der Waals surface area contributed by atoms with E-state index in [1.54, 1.807) is 12.3 Å². The van der Waals surface area contributed by atoms with Crippen molar-refractivity contribution in [3.05, 3.63) is 51.9 Å². The van der Waals surface area contributed by atoms with Gasteiger partial charge in [-0.15, -0.1) is 0 Å². The summed E-state index contributed by atoms with van der Waals surface area (Å²) in [5, 5.41) is 4.62. The second-order valence-corrected chi connectivity index (χ2v) is 7.90. The predicted octanol–water partition coefficient (Wildman–Crippen LogP) is 2.68. The number of rotatable bonds is 4. The highest BCUT2D eigenvalue weighted by molar-refractivity contribution is 6.56. The van der Waals surface area contributed by atoms with Gasteiger partial charge in [0.1, 0.15) is 0 Å². The van der Waals surface area contributed by atoms with Gasteiger partial charge in [-0.25, -0.2) is 0 Å². The number of amides is 1. The van der Waals surface area contributed by atoms with Crippen molar-refractivity contribution in [1.29, 1.82) is 0 Å². The number of hydrogen-bond acceptors (Lipinski definition) is 4. The SMILES string of the molecule is CC(=O)NCC(=Cc1ccc2c[nH]c(=O)cc2c1)B1OC(C)(C)C(C)(C)O1. The van der Waals surface area contributed by atoms with Crippen LogP contribution in [0.2, 0.25) is 0 Å². The van der Waals surface area contributed by atoms with Crippen molar-refractivity contribution in [2.24, 2.45) is 0 Å². The maximum Gasteiger partial charge on any atom is 0.492 e. The van der Waals surface area contributed by atoms with Crippen LogP contribution in [0.5, 0.6) is 0 Å². The summed E-state index contributed by atoms with van der Waals surface area (Å²) >= 11 is 0. The molecule has 1 aliphatic rings. The predicted molar refractivity (Wildman–Crippen MR) is 107 cm³/mol. The second-order valence-electron chi connectivity index (χ2n) is 7.90. The Kier molecular flexibility index (Phi) is 5.01. The Bertz CT molecular complexity index is 946. The molecule has 6 nitrogen and oxygen atoms in total. The molecule has 1 amide bonds. The molecule has 0 saturated carbocycles. The smallest absolute Gasteiger partial charge is 0.400 e. The zero-order chi connectivity index (χ0) is 19.8. The topological polar surface area (TPSA) is 80.4 Å². The van der Waals surface area contributed by atoms with E-state index >= 15 is 0 Å². The van der Waals surface area contributed by atoms with Crippen molar-refractivity contribution in [2.75, 3.05) is 6.54 Å². The van der Waals surface area contributed by atoms with Gasteiger partial charge in [0, 0.05) is 25.7 Å². The molecule has 2 heterocycles. The van der Waals surface area contributed by atoms with Crippen LogP contribution in [-0.2, 0) is 14.1 Å². The number of H-pyrrole nitrogens is 1. The summed E-state index contributed by atoms with van der Waals surface area (Å²) < 4.78 is 12.3. The van der Waals surface area contributed by atoms with Crippen LogP contribution in [0.15, 0.2) is 40.7 Å². The first-order chi connectivity index (χ1) is 12.6. The van der Waals surface area contributed by atoms with Gasteiger partial charge in [0.15, 0.2) is 0 Å². The van der Waals surface area contributed by atoms with Crippen LogP contribution in [0.3, 0.4) is 0 Å². The molecule has 2 N–H and O–H groups in total. The maximum atomic E-state index is 11.6. The van der Waals surface area contributed by atoms with E-state index in [1.807, 2.05) is 52.0 Å². The molecule has 0 unspecified atom stereocenters. The van der Waals surface area contributed by atoms with Gasteiger partial charge in [-0.2, -0.15) is 0 Å². The lowest BCUT2D eigenvalue weighted by atomic mass is 9.77. The zero-order valence-electron chi connectivity index (χ0n) is 16.4. The normalized spacial score (nSPS) is 18.7. The molecule has 0 spiro atoms. The van der Waals surface area contributed by atoms with Crippen molar-refractivity contribution in [1.82, 2.24) is 10.3 Å². The third-order valence-electron chi connectivity index (χ3n) is 5.22. The standard InChI is InChI=1S/C20H25BN2O4/c1-13(24)22-12-17(21-26-19(2,3)20(4,5)27-21)9-14-6-7-15-11-23-18(25)10-16(15)8-14/h6-11H,12H2,1-5H3,(H,22,24)(H,23,25). The number of hydrogen-bond donors (Lipinski definition) is 2. The fourth-order valence-electron chi connectivity index (χ4n) is 2.91. The van der Waals surface area contributed by atoms with Gasteiger partial charge in [-0.05, 0) is 55.6 Å². The van der Waals surface area contributed by atoms with Crippen molar-refractivity contribution in [3.63, 3.8) is 0 Å². The van der Waals surface area contributed by atoms with E-state index in [-0.39, 0.29) is 11.5 Å². The van der Waals surface area contributed by atoms with Gasteiger partial charge in [0.2, 0.25) is 11.5 Å². The average Bonchev–Trinajstić information content (AvgIpc) is 2.78. The van der Waals surface area contributed by atoms with Gasteiger partial charge in [-0.1, -0.05) is 18.2 Å². The minimum absolute atomic E-state index is 0.123. The molecule has 1 saturated heterocycles. The molecule has 0 aliphatic carbocycles. The first-order valence-corrected chi connectivity index (χ1v) is 9.00. The van der Waals surface area contributed by atoms with Crippen molar-refractivity contribution in [2.45, 2.75) is 45.8 Å². The number of aromatic nitrogens is 1. The van der Waals surface area contributed by atoms with E-state index < -0.39 is 18.3 Å². The Morgan fingerprint density at radius 1 is 1.15 bits per heavy atom. The fourth-order valence-corrected chi connectivity index (χ4v) is 2.91. The Morgan fingerprint density at radius 2 is 1.81 bits per heavy atom. The van der Waals surface area contributed by atoms with E-state index in [0.29, 0.717) is 6.54 Å².